The fraction of sp³-hybridized carbons (Fsp3) is 0.381. The van der Waals surface area contributed by atoms with E-state index in [4.69, 9.17) is 5.26 Å². The standard InChI is InChI=1S/C21H21F6NO5S/c1-4-12(2)19(32-29)15-7-5-14(6-8-15)13(3)28-33-34(30,31)18-10-16(20(22,23)24)9-17(11-18)21(25,26)27/h5-12,19,29H,4H2,1-3H3. The first-order valence-electron chi connectivity index (χ1n) is 9.78. The van der Waals surface area contributed by atoms with Crippen LogP contribution in [-0.2, 0) is 31.6 Å². The van der Waals surface area contributed by atoms with Gasteiger partial charge in [0, 0.05) is 0 Å². The molecule has 0 spiro atoms. The average Bonchev–Trinajstić information content (AvgIpc) is 2.76. The van der Waals surface area contributed by atoms with Crippen LogP contribution in [0.1, 0.15) is 55.5 Å². The fourth-order valence-electron chi connectivity index (χ4n) is 2.89. The van der Waals surface area contributed by atoms with Gasteiger partial charge < -0.3 is 0 Å². The zero-order valence-electron chi connectivity index (χ0n) is 18.1. The van der Waals surface area contributed by atoms with E-state index in [1.165, 1.54) is 19.1 Å². The molecule has 2 rings (SSSR count). The fourth-order valence-corrected chi connectivity index (χ4v) is 3.73. The van der Waals surface area contributed by atoms with E-state index in [9.17, 15) is 34.8 Å². The van der Waals surface area contributed by atoms with Crippen molar-refractivity contribution in [3.05, 3.63) is 64.7 Å². The molecule has 0 saturated carbocycles. The van der Waals surface area contributed by atoms with E-state index < -0.39 is 44.6 Å². The molecule has 2 aromatic carbocycles. The first-order chi connectivity index (χ1) is 15.6. The van der Waals surface area contributed by atoms with Crippen LogP contribution in [0.3, 0.4) is 0 Å². The summed E-state index contributed by atoms with van der Waals surface area (Å²) in [5.74, 6) is -0.0202. The Hall–Kier alpha value is -2.64. The van der Waals surface area contributed by atoms with E-state index in [1.54, 1.807) is 12.1 Å². The van der Waals surface area contributed by atoms with Crippen LogP contribution in [0.25, 0.3) is 0 Å². The Morgan fingerprint density at radius 2 is 1.50 bits per heavy atom. The van der Waals surface area contributed by atoms with E-state index in [1.807, 2.05) is 13.8 Å². The molecule has 0 bridgehead atoms. The topological polar surface area (TPSA) is 85.2 Å². The third-order valence-electron chi connectivity index (χ3n) is 5.05. The molecule has 0 heterocycles. The highest BCUT2D eigenvalue weighted by Crippen LogP contribution is 2.37. The highest BCUT2D eigenvalue weighted by Gasteiger charge is 2.38. The van der Waals surface area contributed by atoms with Crippen molar-refractivity contribution in [2.75, 3.05) is 0 Å². The Labute approximate surface area is 191 Å². The van der Waals surface area contributed by atoms with E-state index in [2.05, 4.69) is 14.3 Å². The zero-order chi connectivity index (χ0) is 25.9. The molecule has 0 aliphatic rings. The molecule has 6 nitrogen and oxygen atoms in total. The molecule has 0 aliphatic heterocycles. The lowest BCUT2D eigenvalue weighted by molar-refractivity contribution is -0.293. The van der Waals surface area contributed by atoms with Crippen molar-refractivity contribution in [2.45, 2.75) is 50.5 Å². The van der Waals surface area contributed by atoms with Gasteiger partial charge in [0.05, 0.1) is 16.8 Å². The first-order valence-corrected chi connectivity index (χ1v) is 11.2. The van der Waals surface area contributed by atoms with Crippen molar-refractivity contribution in [2.24, 2.45) is 11.1 Å². The van der Waals surface area contributed by atoms with Gasteiger partial charge in [-0.15, -0.1) is 0 Å². The normalized spacial score (nSPS) is 15.2. The van der Waals surface area contributed by atoms with Gasteiger partial charge in [0.1, 0.15) is 11.0 Å². The molecule has 188 valence electrons. The Kier molecular flexibility index (Phi) is 8.38. The summed E-state index contributed by atoms with van der Waals surface area (Å²) >= 11 is 0. The van der Waals surface area contributed by atoms with Crippen molar-refractivity contribution in [3.63, 3.8) is 0 Å². The second-order valence-corrected chi connectivity index (χ2v) is 9.01. The van der Waals surface area contributed by atoms with Crippen molar-refractivity contribution in [3.8, 4) is 0 Å². The molecule has 0 amide bonds. The minimum Gasteiger partial charge on any atom is -0.265 e. The van der Waals surface area contributed by atoms with E-state index in [0.717, 1.165) is 0 Å². The molecule has 0 radical (unpaired) electrons. The van der Waals surface area contributed by atoms with Crippen LogP contribution in [0.5, 0.6) is 0 Å². The predicted octanol–water partition coefficient (Wildman–Crippen LogP) is 6.43. The van der Waals surface area contributed by atoms with E-state index >= 15 is 0 Å². The Balaban J connectivity index is 2.34. The van der Waals surface area contributed by atoms with Gasteiger partial charge in [-0.1, -0.05) is 49.7 Å². The average molecular weight is 513 g/mol. The van der Waals surface area contributed by atoms with Crippen LogP contribution < -0.4 is 0 Å². The summed E-state index contributed by atoms with van der Waals surface area (Å²) in [5.41, 5.74) is -2.67. The van der Waals surface area contributed by atoms with E-state index in [0.29, 0.717) is 17.5 Å². The predicted molar refractivity (Wildman–Crippen MR) is 109 cm³/mol. The van der Waals surface area contributed by atoms with Crippen LogP contribution in [-0.4, -0.2) is 19.4 Å². The number of alkyl halides is 6. The maximum Gasteiger partial charge on any atom is 0.416 e. The molecule has 0 aromatic heterocycles. The Bertz CT molecular complexity index is 1100. The van der Waals surface area contributed by atoms with Crippen molar-refractivity contribution in [1.29, 1.82) is 0 Å². The molecule has 2 aromatic rings. The van der Waals surface area contributed by atoms with Crippen molar-refractivity contribution < 1.29 is 49.2 Å². The maximum atomic E-state index is 13.0. The summed E-state index contributed by atoms with van der Waals surface area (Å²) in [5, 5.41) is 12.5. The molecular formula is C21H21F6NO5S. The maximum absolute atomic E-state index is 13.0. The Morgan fingerprint density at radius 1 is 1.00 bits per heavy atom. The smallest absolute Gasteiger partial charge is 0.265 e. The second kappa shape index (κ2) is 10.3. The number of nitrogens with zero attached hydrogens (tertiary/aromatic N) is 1. The lowest BCUT2D eigenvalue weighted by Crippen LogP contribution is -2.14. The first kappa shape index (κ1) is 27.6. The largest absolute Gasteiger partial charge is 0.416 e. The van der Waals surface area contributed by atoms with Crippen molar-refractivity contribution in [1.82, 2.24) is 0 Å². The number of hydrogen-bond acceptors (Lipinski definition) is 6. The summed E-state index contributed by atoms with van der Waals surface area (Å²) in [6.45, 7) is 5.09. The molecule has 0 fully saturated rings. The highest BCUT2D eigenvalue weighted by molar-refractivity contribution is 7.86. The lowest BCUT2D eigenvalue weighted by atomic mass is 9.94. The minimum atomic E-state index is -5.22. The molecule has 13 heteroatoms. The van der Waals surface area contributed by atoms with Gasteiger partial charge in [-0.2, -0.15) is 34.8 Å². The number of halogens is 6. The molecule has 2 unspecified atom stereocenters. The van der Waals surface area contributed by atoms with Gasteiger partial charge in [-0.05, 0) is 42.2 Å². The van der Waals surface area contributed by atoms with Crippen LogP contribution in [0.15, 0.2) is 52.5 Å². The van der Waals surface area contributed by atoms with E-state index in [-0.39, 0.29) is 29.8 Å². The van der Waals surface area contributed by atoms with Gasteiger partial charge in [0.2, 0.25) is 0 Å². The molecule has 34 heavy (non-hydrogen) atoms. The van der Waals surface area contributed by atoms with Crippen LogP contribution in [0.4, 0.5) is 26.3 Å². The van der Waals surface area contributed by atoms with Crippen LogP contribution in [0, 0.1) is 5.92 Å². The summed E-state index contributed by atoms with van der Waals surface area (Å²) in [4.78, 5) is 3.15. The SMILES string of the molecule is CCC(C)C(OO)c1ccc(C(C)=NOS(=O)(=O)c2cc(C(F)(F)F)cc(C(F)(F)F)c2)cc1. The molecular weight excluding hydrogens is 492 g/mol. The molecule has 0 saturated heterocycles. The summed E-state index contributed by atoms with van der Waals surface area (Å²) in [7, 11) is -5.11. The third-order valence-corrected chi connectivity index (χ3v) is 6.14. The quantitative estimate of drug-likeness (QED) is 0.190. The third kappa shape index (κ3) is 6.70. The monoisotopic (exact) mass is 513 g/mol. The number of hydrogen-bond donors (Lipinski definition) is 1. The van der Waals surface area contributed by atoms with Crippen LogP contribution >= 0.6 is 0 Å². The lowest BCUT2D eigenvalue weighted by Gasteiger charge is -2.20. The number of benzene rings is 2. The summed E-state index contributed by atoms with van der Waals surface area (Å²) in [6, 6.07) is 6.05. The highest BCUT2D eigenvalue weighted by atomic mass is 32.2. The van der Waals surface area contributed by atoms with Gasteiger partial charge in [0.15, 0.2) is 0 Å². The van der Waals surface area contributed by atoms with Gasteiger partial charge in [-0.3, -0.25) is 9.54 Å². The van der Waals surface area contributed by atoms with Crippen LogP contribution in [0.2, 0.25) is 0 Å². The van der Waals surface area contributed by atoms with Gasteiger partial charge in [0.25, 0.3) is 0 Å². The minimum absolute atomic E-state index is 0.0202. The van der Waals surface area contributed by atoms with Crippen molar-refractivity contribution >= 4 is 15.8 Å². The number of rotatable bonds is 8. The molecule has 1 N–H and O–H groups in total. The molecule has 0 aliphatic carbocycles. The van der Waals surface area contributed by atoms with Gasteiger partial charge in [-0.25, -0.2) is 4.89 Å². The van der Waals surface area contributed by atoms with Gasteiger partial charge >= 0.3 is 22.5 Å². The zero-order valence-corrected chi connectivity index (χ0v) is 18.9. The summed E-state index contributed by atoms with van der Waals surface area (Å²) in [6.07, 6.45) is -10.3. The molecule has 2 atom stereocenters. The summed E-state index contributed by atoms with van der Waals surface area (Å²) < 4.78 is 107. The Morgan fingerprint density at radius 3 is 1.91 bits per heavy atom. The number of oxime groups is 1. The second-order valence-electron chi connectivity index (χ2n) is 7.48.